The molecule has 0 bridgehead atoms. The van der Waals surface area contributed by atoms with E-state index in [0.29, 0.717) is 25.5 Å². The zero-order valence-corrected chi connectivity index (χ0v) is 12.7. The lowest BCUT2D eigenvalue weighted by Gasteiger charge is -2.09. The van der Waals surface area contributed by atoms with Crippen LogP contribution in [0, 0.1) is 6.92 Å². The van der Waals surface area contributed by atoms with Gasteiger partial charge in [0, 0.05) is 19.6 Å². The molecule has 1 N–H and O–H groups in total. The van der Waals surface area contributed by atoms with Crippen molar-refractivity contribution in [2.75, 3.05) is 13.2 Å². The van der Waals surface area contributed by atoms with E-state index < -0.39 is 0 Å². The van der Waals surface area contributed by atoms with Crippen LogP contribution in [0.25, 0.3) is 10.8 Å². The molecule has 1 fully saturated rings. The highest BCUT2D eigenvalue weighted by molar-refractivity contribution is 7.13. The second kappa shape index (κ2) is 6.41. The van der Waals surface area contributed by atoms with E-state index in [4.69, 9.17) is 9.15 Å². The average Bonchev–Trinajstić information content (AvgIpc) is 3.20. The Kier molecular flexibility index (Phi) is 4.36. The molecule has 2 aromatic rings. The summed E-state index contributed by atoms with van der Waals surface area (Å²) in [6.07, 6.45) is 2.17. The predicted octanol–water partition coefficient (Wildman–Crippen LogP) is 2.55. The molecule has 3 heterocycles. The summed E-state index contributed by atoms with van der Waals surface area (Å²) in [6, 6.07) is 3.96. The van der Waals surface area contributed by atoms with E-state index in [-0.39, 0.29) is 12.0 Å². The number of amides is 1. The van der Waals surface area contributed by atoms with Crippen molar-refractivity contribution in [3.8, 4) is 10.8 Å². The maximum atomic E-state index is 11.8. The molecule has 112 valence electrons. The Labute approximate surface area is 127 Å². The van der Waals surface area contributed by atoms with Crippen LogP contribution >= 0.6 is 11.3 Å². The first-order chi connectivity index (χ1) is 10.2. The Morgan fingerprint density at radius 1 is 1.57 bits per heavy atom. The Bertz CT molecular complexity index is 600. The van der Waals surface area contributed by atoms with Gasteiger partial charge < -0.3 is 14.5 Å². The quantitative estimate of drug-likeness (QED) is 0.922. The fourth-order valence-electron chi connectivity index (χ4n) is 2.37. The van der Waals surface area contributed by atoms with E-state index in [0.717, 1.165) is 29.2 Å². The summed E-state index contributed by atoms with van der Waals surface area (Å²) in [5.74, 6) is 1.44. The number of hydrogen-bond donors (Lipinski definition) is 1. The molecule has 3 rings (SSSR count). The van der Waals surface area contributed by atoms with Gasteiger partial charge in [0.2, 0.25) is 11.8 Å². The molecule has 1 aliphatic heterocycles. The van der Waals surface area contributed by atoms with Crippen molar-refractivity contribution in [3.05, 3.63) is 29.0 Å². The number of aryl methyl sites for hydroxylation is 1. The lowest BCUT2D eigenvalue weighted by molar-refractivity contribution is -0.129. The third-order valence-electron chi connectivity index (χ3n) is 3.51. The smallest absolute Gasteiger partial charge is 0.249 e. The fourth-order valence-corrected chi connectivity index (χ4v) is 3.02. The van der Waals surface area contributed by atoms with Crippen molar-refractivity contribution in [2.45, 2.75) is 32.3 Å². The van der Waals surface area contributed by atoms with Crippen molar-refractivity contribution < 1.29 is 13.9 Å². The van der Waals surface area contributed by atoms with Gasteiger partial charge in [0.25, 0.3) is 0 Å². The van der Waals surface area contributed by atoms with E-state index >= 15 is 0 Å². The van der Waals surface area contributed by atoms with Gasteiger partial charge in [-0.1, -0.05) is 6.07 Å². The summed E-state index contributed by atoms with van der Waals surface area (Å²) >= 11 is 1.60. The van der Waals surface area contributed by atoms with Crippen molar-refractivity contribution in [3.63, 3.8) is 0 Å². The molecule has 2 aromatic heterocycles. The van der Waals surface area contributed by atoms with Gasteiger partial charge in [-0.2, -0.15) is 0 Å². The van der Waals surface area contributed by atoms with E-state index in [1.165, 1.54) is 0 Å². The largest absolute Gasteiger partial charge is 0.440 e. The van der Waals surface area contributed by atoms with E-state index in [9.17, 15) is 4.79 Å². The van der Waals surface area contributed by atoms with Crippen LogP contribution in [-0.2, 0) is 16.0 Å². The molecule has 1 saturated heterocycles. The second-order valence-corrected chi connectivity index (χ2v) is 5.99. The van der Waals surface area contributed by atoms with Gasteiger partial charge in [0.15, 0.2) is 0 Å². The standard InChI is InChI=1S/C15H18N2O3S/c1-10-11(17-15(20-10)13-5-3-9-21-13)6-7-16-14(18)12-4-2-8-19-12/h3,5,9,12H,2,4,6-8H2,1H3,(H,16,18). The molecule has 0 aliphatic carbocycles. The molecule has 1 atom stereocenters. The van der Waals surface area contributed by atoms with Crippen LogP contribution in [0.15, 0.2) is 21.9 Å². The summed E-state index contributed by atoms with van der Waals surface area (Å²) < 4.78 is 11.0. The van der Waals surface area contributed by atoms with Gasteiger partial charge in [-0.3, -0.25) is 4.79 Å². The van der Waals surface area contributed by atoms with Gasteiger partial charge in [-0.15, -0.1) is 11.3 Å². The summed E-state index contributed by atoms with van der Waals surface area (Å²) in [4.78, 5) is 17.4. The second-order valence-electron chi connectivity index (χ2n) is 5.04. The number of thiophene rings is 1. The Morgan fingerprint density at radius 2 is 2.48 bits per heavy atom. The number of nitrogens with one attached hydrogen (secondary N) is 1. The van der Waals surface area contributed by atoms with Gasteiger partial charge in [-0.25, -0.2) is 4.98 Å². The van der Waals surface area contributed by atoms with Crippen molar-refractivity contribution in [1.82, 2.24) is 10.3 Å². The molecular weight excluding hydrogens is 288 g/mol. The van der Waals surface area contributed by atoms with Crippen LogP contribution in [0.3, 0.4) is 0 Å². The summed E-state index contributed by atoms with van der Waals surface area (Å²) in [7, 11) is 0. The SMILES string of the molecule is Cc1oc(-c2cccs2)nc1CCNC(=O)C1CCCO1. The molecular formula is C15H18N2O3S. The lowest BCUT2D eigenvalue weighted by atomic mass is 10.2. The number of hydrogen-bond acceptors (Lipinski definition) is 5. The summed E-state index contributed by atoms with van der Waals surface area (Å²) in [5, 5.41) is 4.90. The third-order valence-corrected chi connectivity index (χ3v) is 4.37. The molecule has 0 spiro atoms. The van der Waals surface area contributed by atoms with Crippen molar-refractivity contribution in [2.24, 2.45) is 0 Å². The molecule has 1 amide bonds. The van der Waals surface area contributed by atoms with E-state index in [1.807, 2.05) is 24.4 Å². The van der Waals surface area contributed by atoms with Crippen LogP contribution < -0.4 is 5.32 Å². The molecule has 1 aliphatic rings. The first kappa shape index (κ1) is 14.3. The van der Waals surface area contributed by atoms with Crippen LogP contribution in [0.4, 0.5) is 0 Å². The van der Waals surface area contributed by atoms with Crippen LogP contribution in [-0.4, -0.2) is 30.1 Å². The minimum atomic E-state index is -0.273. The maximum Gasteiger partial charge on any atom is 0.249 e. The normalized spacial score (nSPS) is 18.0. The minimum absolute atomic E-state index is 0.0212. The van der Waals surface area contributed by atoms with E-state index in [2.05, 4.69) is 10.3 Å². The Hall–Kier alpha value is -1.66. The van der Waals surface area contributed by atoms with Gasteiger partial charge >= 0.3 is 0 Å². The first-order valence-electron chi connectivity index (χ1n) is 7.13. The fraction of sp³-hybridized carbons (Fsp3) is 0.467. The summed E-state index contributed by atoms with van der Waals surface area (Å²) in [6.45, 7) is 3.14. The number of rotatable bonds is 5. The number of carbonyl (C=O) groups is 1. The highest BCUT2D eigenvalue weighted by Crippen LogP contribution is 2.25. The van der Waals surface area contributed by atoms with Crippen LogP contribution in [0.5, 0.6) is 0 Å². The number of nitrogens with zero attached hydrogens (tertiary/aromatic N) is 1. The minimum Gasteiger partial charge on any atom is -0.440 e. The number of aromatic nitrogens is 1. The van der Waals surface area contributed by atoms with Crippen molar-refractivity contribution >= 4 is 17.2 Å². The van der Waals surface area contributed by atoms with Crippen LogP contribution in [0.2, 0.25) is 0 Å². The van der Waals surface area contributed by atoms with Crippen LogP contribution in [0.1, 0.15) is 24.3 Å². The Morgan fingerprint density at radius 3 is 3.19 bits per heavy atom. The molecule has 0 saturated carbocycles. The van der Waals surface area contributed by atoms with Gasteiger partial charge in [0.05, 0.1) is 10.6 Å². The topological polar surface area (TPSA) is 64.4 Å². The highest BCUT2D eigenvalue weighted by atomic mass is 32.1. The van der Waals surface area contributed by atoms with Crippen molar-refractivity contribution in [1.29, 1.82) is 0 Å². The monoisotopic (exact) mass is 306 g/mol. The molecule has 0 aromatic carbocycles. The molecule has 6 heteroatoms. The van der Waals surface area contributed by atoms with Gasteiger partial charge in [0.1, 0.15) is 11.9 Å². The lowest BCUT2D eigenvalue weighted by Crippen LogP contribution is -2.35. The number of ether oxygens (including phenoxy) is 1. The highest BCUT2D eigenvalue weighted by Gasteiger charge is 2.23. The molecule has 21 heavy (non-hydrogen) atoms. The van der Waals surface area contributed by atoms with Gasteiger partial charge in [-0.05, 0) is 31.2 Å². The summed E-state index contributed by atoms with van der Waals surface area (Å²) in [5.41, 5.74) is 0.894. The molecule has 5 nitrogen and oxygen atoms in total. The first-order valence-corrected chi connectivity index (χ1v) is 8.01. The molecule has 0 radical (unpaired) electrons. The zero-order valence-electron chi connectivity index (χ0n) is 11.9. The predicted molar refractivity (Wildman–Crippen MR) is 80.2 cm³/mol. The average molecular weight is 306 g/mol. The third kappa shape index (κ3) is 3.33. The maximum absolute atomic E-state index is 11.8. The van der Waals surface area contributed by atoms with E-state index in [1.54, 1.807) is 11.3 Å². The number of carbonyl (C=O) groups excluding carboxylic acids is 1. The zero-order chi connectivity index (χ0) is 14.7. The number of oxazole rings is 1. The Balaban J connectivity index is 1.54. The molecule has 1 unspecified atom stereocenters.